The van der Waals surface area contributed by atoms with Crippen LogP contribution in [0.1, 0.15) is 17.5 Å². The highest BCUT2D eigenvalue weighted by Crippen LogP contribution is 2.50. The number of aliphatic carboxylic acids is 1. The monoisotopic (exact) mass is 805 g/mol. The van der Waals surface area contributed by atoms with Gasteiger partial charge in [-0.05, 0) is 42.3 Å². The molecule has 0 spiro atoms. The van der Waals surface area contributed by atoms with E-state index in [1.165, 1.54) is 22.9 Å². The molecule has 2 N–H and O–H groups in total. The fourth-order valence-electron chi connectivity index (χ4n) is 6.21. The minimum Gasteiger partial charge on any atom is -0.543 e. The largest absolute Gasteiger partial charge is 0.543 e. The third-order valence-electron chi connectivity index (χ3n) is 8.82. The normalized spacial score (nSPS) is 21.3. The van der Waals surface area contributed by atoms with Crippen molar-refractivity contribution in [3.63, 3.8) is 0 Å². The quantitative estimate of drug-likeness (QED) is 0.102. The van der Waals surface area contributed by atoms with Gasteiger partial charge in [-0.1, -0.05) is 34.8 Å². The summed E-state index contributed by atoms with van der Waals surface area (Å²) in [6.07, 6.45) is 6.19. The Bertz CT molecular complexity index is 2070. The molecule has 12 nitrogen and oxygen atoms in total. The number of nitrogens with one attached hydrogen (secondary N) is 1. The topological polar surface area (TPSA) is 146 Å². The number of hydroxylamine groups is 2. The minimum atomic E-state index is -1.30. The number of carbonyl (C=O) groups is 4. The molecule has 4 aliphatic rings. The van der Waals surface area contributed by atoms with E-state index in [1.54, 1.807) is 57.1 Å². The summed E-state index contributed by atoms with van der Waals surface area (Å²) in [6.45, 7) is 0.719. The summed E-state index contributed by atoms with van der Waals surface area (Å²) in [6, 6.07) is 8.70. The molecule has 0 aliphatic carbocycles. The lowest BCUT2D eigenvalue weighted by molar-refractivity contribution is -0.684. The second-order valence-corrected chi connectivity index (χ2v) is 15.5. The molecule has 3 fully saturated rings. The Morgan fingerprint density at radius 2 is 1.92 bits per heavy atom. The van der Waals surface area contributed by atoms with Crippen LogP contribution in [0.5, 0.6) is 5.75 Å². The highest BCUT2D eigenvalue weighted by Gasteiger charge is 2.64. The maximum atomic E-state index is 13.6. The molecule has 1 aromatic heterocycles. The number of pyridine rings is 1. The number of hydrogen-bond donors (Lipinski definition) is 2. The zero-order valence-electron chi connectivity index (χ0n) is 26.8. The number of rotatable bonds is 10. The van der Waals surface area contributed by atoms with Crippen LogP contribution in [0.25, 0.3) is 6.08 Å². The van der Waals surface area contributed by atoms with Crippen LogP contribution >= 0.6 is 58.3 Å². The average molecular weight is 807 g/mol. The third-order valence-corrected chi connectivity index (χ3v) is 12.4. The first-order chi connectivity index (χ1) is 24.9. The van der Waals surface area contributed by atoms with E-state index in [0.29, 0.717) is 41.3 Å². The smallest absolute Gasteiger partial charge is 0.290 e. The number of halogens is 4. The van der Waals surface area contributed by atoms with Gasteiger partial charge >= 0.3 is 0 Å². The van der Waals surface area contributed by atoms with Gasteiger partial charge in [0.25, 0.3) is 11.8 Å². The van der Waals surface area contributed by atoms with Gasteiger partial charge in [0.05, 0.1) is 32.5 Å². The van der Waals surface area contributed by atoms with Gasteiger partial charge in [0.15, 0.2) is 36.2 Å². The molecule has 3 saturated heterocycles. The molecule has 0 saturated carbocycles. The van der Waals surface area contributed by atoms with Crippen LogP contribution in [0.3, 0.4) is 0 Å². The van der Waals surface area contributed by atoms with Crippen LogP contribution < -0.4 is 15.0 Å². The Hall–Kier alpha value is -3.99. The highest BCUT2D eigenvalue weighted by molar-refractivity contribution is 8.00. The number of carboxylic acid groups (broad SMARTS) is 1. The minimum absolute atomic E-state index is 0.0394. The van der Waals surface area contributed by atoms with Crippen molar-refractivity contribution in [2.45, 2.75) is 42.0 Å². The molecule has 7 rings (SSSR count). The Kier molecular flexibility index (Phi) is 10.3. The Morgan fingerprint density at radius 3 is 2.65 bits per heavy atom. The zero-order valence-corrected chi connectivity index (χ0v) is 30.7. The van der Waals surface area contributed by atoms with Gasteiger partial charge in [0.2, 0.25) is 12.5 Å². The Labute approximate surface area is 319 Å². The number of anilines is 1. The second kappa shape index (κ2) is 14.8. The van der Waals surface area contributed by atoms with Gasteiger partial charge in [-0.3, -0.25) is 19.2 Å². The van der Waals surface area contributed by atoms with E-state index in [2.05, 4.69) is 5.32 Å². The number of amides is 3. The summed E-state index contributed by atoms with van der Waals surface area (Å²) in [5.41, 5.74) is 1.91. The van der Waals surface area contributed by atoms with Crippen molar-refractivity contribution in [3.05, 3.63) is 98.2 Å². The SMILES string of the molecule is O=C(C[n+]1ccc(CN2CC/C(=C\c3c(Cl)c(Cl)cc(SCC(=O)N4O[C@@H]5C4N4C(C(=O)[O-])=CCS[C@H]54)c3Cl)C2=O)cc1)Nc1ccc(O)c(F)c1. The number of hydrogen-bond acceptors (Lipinski definition) is 10. The van der Waals surface area contributed by atoms with Gasteiger partial charge in [0, 0.05) is 58.8 Å². The van der Waals surface area contributed by atoms with Gasteiger partial charge in [0.1, 0.15) is 5.37 Å². The second-order valence-electron chi connectivity index (χ2n) is 12.1. The van der Waals surface area contributed by atoms with Crippen molar-refractivity contribution in [1.82, 2.24) is 14.9 Å². The lowest BCUT2D eigenvalue weighted by atomic mass is 10.0. The van der Waals surface area contributed by atoms with Gasteiger partial charge in [-0.25, -0.2) is 4.39 Å². The first-order valence-electron chi connectivity index (χ1n) is 15.8. The van der Waals surface area contributed by atoms with Crippen LogP contribution in [-0.4, -0.2) is 79.4 Å². The molecule has 5 heterocycles. The van der Waals surface area contributed by atoms with E-state index in [1.807, 2.05) is 0 Å². The number of aromatic hydroxyl groups is 1. The molecular formula is C34H27Cl3FN5O7S2. The predicted octanol–water partition coefficient (Wildman–Crippen LogP) is 3.82. The molecule has 270 valence electrons. The third kappa shape index (κ3) is 7.05. The molecule has 2 aromatic carbocycles. The number of fused-ring (bicyclic) bond motifs is 4. The van der Waals surface area contributed by atoms with E-state index in [4.69, 9.17) is 39.6 Å². The maximum absolute atomic E-state index is 13.6. The molecule has 3 atom stereocenters. The lowest BCUT2D eigenvalue weighted by Gasteiger charge is -2.66. The molecule has 3 aromatic rings. The van der Waals surface area contributed by atoms with E-state index in [-0.39, 0.29) is 62.0 Å². The molecule has 52 heavy (non-hydrogen) atoms. The fourth-order valence-corrected chi connectivity index (χ4v) is 9.18. The summed E-state index contributed by atoms with van der Waals surface area (Å²) < 4.78 is 15.2. The van der Waals surface area contributed by atoms with Crippen LogP contribution in [0.2, 0.25) is 15.1 Å². The molecule has 0 radical (unpaired) electrons. The van der Waals surface area contributed by atoms with Crippen molar-refractivity contribution in [2.24, 2.45) is 0 Å². The van der Waals surface area contributed by atoms with Gasteiger partial charge in [-0.2, -0.15) is 9.63 Å². The molecule has 4 aliphatic heterocycles. The molecule has 18 heteroatoms. The predicted molar refractivity (Wildman–Crippen MR) is 190 cm³/mol. The average Bonchev–Trinajstić information content (AvgIpc) is 3.44. The Morgan fingerprint density at radius 1 is 1.15 bits per heavy atom. The summed E-state index contributed by atoms with van der Waals surface area (Å²) in [4.78, 5) is 60.0. The number of thioether (sulfide) groups is 2. The number of benzene rings is 2. The number of phenols is 1. The van der Waals surface area contributed by atoms with Crippen molar-refractivity contribution in [2.75, 3.05) is 23.4 Å². The lowest BCUT2D eigenvalue weighted by Crippen LogP contribution is -2.83. The van der Waals surface area contributed by atoms with Crippen molar-refractivity contribution in [1.29, 1.82) is 0 Å². The van der Waals surface area contributed by atoms with E-state index >= 15 is 0 Å². The number of carbonyl (C=O) groups excluding carboxylic acids is 4. The highest BCUT2D eigenvalue weighted by atomic mass is 35.5. The van der Waals surface area contributed by atoms with Crippen molar-refractivity contribution >= 4 is 93.8 Å². The van der Waals surface area contributed by atoms with E-state index < -0.39 is 29.6 Å². The van der Waals surface area contributed by atoms with Crippen molar-refractivity contribution in [3.8, 4) is 5.75 Å². The summed E-state index contributed by atoms with van der Waals surface area (Å²) in [7, 11) is 0. The van der Waals surface area contributed by atoms with E-state index in [0.717, 1.165) is 29.5 Å². The fraction of sp³-hybridized carbons (Fsp3) is 0.265. The molecule has 1 unspecified atom stereocenters. The van der Waals surface area contributed by atoms with Crippen molar-refractivity contribution < 1.29 is 43.2 Å². The number of aromatic nitrogens is 1. The number of phenolic OH excluding ortho intramolecular Hbond substituents is 1. The standard InChI is InChI=1S/C34H27Cl3FN5O7S2/c35-21-13-25(52-16-27(46)43-31-30(50-43)33-42(31)23(34(48)49)6-10-51-33)29(37)20(28(21)36)11-18-5-9-41(32(18)47)14-17-3-7-40(8-4-17)15-26(45)39-19-1-2-24(44)22(38)12-19/h1-4,6-8,11-13,30-31,33H,5,9-10,14-16H2,(H2-,39,44,45,48,49)/b18-11+/t30-,31?,33-/m1/s1. The van der Waals surface area contributed by atoms with Crippen LogP contribution in [0.15, 0.2) is 71.0 Å². The zero-order chi connectivity index (χ0) is 36.8. The van der Waals surface area contributed by atoms with Crippen LogP contribution in [-0.2, 0) is 37.1 Å². The first kappa shape index (κ1) is 36.4. The van der Waals surface area contributed by atoms with Crippen LogP contribution in [0, 0.1) is 5.82 Å². The van der Waals surface area contributed by atoms with Gasteiger partial charge in [-0.15, -0.1) is 23.5 Å². The summed E-state index contributed by atoms with van der Waals surface area (Å²) >= 11 is 22.4. The summed E-state index contributed by atoms with van der Waals surface area (Å²) in [5, 5.41) is 25.1. The number of nitrogens with zero attached hydrogens (tertiary/aromatic N) is 4. The molecular weight excluding hydrogens is 780 g/mol. The van der Waals surface area contributed by atoms with E-state index in [9.17, 15) is 33.8 Å². The molecule has 3 amide bonds. The Balaban J connectivity index is 0.959. The number of likely N-dealkylation sites (tertiary alicyclic amines) is 1. The number of carboxylic acids is 1. The van der Waals surface area contributed by atoms with Gasteiger partial charge < -0.3 is 30.1 Å². The first-order valence-corrected chi connectivity index (χ1v) is 18.9. The summed E-state index contributed by atoms with van der Waals surface area (Å²) in [5.74, 6) is -3.20. The molecule has 0 bridgehead atoms. The van der Waals surface area contributed by atoms with Crippen LogP contribution in [0.4, 0.5) is 10.1 Å². The maximum Gasteiger partial charge on any atom is 0.290 e.